The fraction of sp³-hybridized carbons (Fsp3) is 0.346. The maximum Gasteiger partial charge on any atom is 0.320 e. The molecular weight excluding hydrogens is 422 g/mol. The lowest BCUT2D eigenvalue weighted by molar-refractivity contribution is -0.145. The van der Waals surface area contributed by atoms with E-state index < -0.39 is 18.1 Å². The Bertz CT molecular complexity index is 1020. The highest BCUT2D eigenvalue weighted by Gasteiger charge is 2.37. The van der Waals surface area contributed by atoms with Gasteiger partial charge in [0.25, 0.3) is 0 Å². The second kappa shape index (κ2) is 10.4. The van der Waals surface area contributed by atoms with Gasteiger partial charge in [-0.2, -0.15) is 0 Å². The molecule has 33 heavy (non-hydrogen) atoms. The van der Waals surface area contributed by atoms with E-state index >= 15 is 0 Å². The molecule has 2 aromatic carbocycles. The minimum atomic E-state index is -0.826. The third-order valence-corrected chi connectivity index (χ3v) is 6.00. The molecule has 0 saturated carbocycles. The van der Waals surface area contributed by atoms with Crippen LogP contribution in [0, 0.1) is 0 Å². The van der Waals surface area contributed by atoms with Crippen molar-refractivity contribution in [3.05, 3.63) is 77.7 Å². The largest absolute Gasteiger partial charge is 0.493 e. The summed E-state index contributed by atoms with van der Waals surface area (Å²) in [6.45, 7) is 1.01. The van der Waals surface area contributed by atoms with E-state index in [1.54, 1.807) is 20.5 Å². The van der Waals surface area contributed by atoms with E-state index in [1.165, 1.54) is 0 Å². The zero-order valence-electron chi connectivity index (χ0n) is 18.9. The van der Waals surface area contributed by atoms with Crippen LogP contribution in [0.5, 0.6) is 17.2 Å². The lowest BCUT2D eigenvalue weighted by Gasteiger charge is -2.38. The van der Waals surface area contributed by atoms with Crippen molar-refractivity contribution in [1.29, 1.82) is 0 Å². The first kappa shape index (κ1) is 22.7. The Morgan fingerprint density at radius 3 is 2.42 bits per heavy atom. The van der Waals surface area contributed by atoms with Gasteiger partial charge in [0.2, 0.25) is 5.75 Å². The average molecular weight is 452 g/mol. The number of benzene rings is 2. The zero-order chi connectivity index (χ0) is 23.2. The Morgan fingerprint density at radius 1 is 1.09 bits per heavy atom. The first-order chi connectivity index (χ1) is 16.1. The SMILES string of the molecule is COc1cc(C(c2ccco2)N2CCCCC2C(=O)O)cc(OC)c1OCc1ccccc1. The molecule has 1 saturated heterocycles. The van der Waals surface area contributed by atoms with Gasteiger partial charge in [-0.25, -0.2) is 0 Å². The van der Waals surface area contributed by atoms with E-state index in [-0.39, 0.29) is 0 Å². The van der Waals surface area contributed by atoms with Gasteiger partial charge in [-0.1, -0.05) is 36.8 Å². The first-order valence-corrected chi connectivity index (χ1v) is 11.1. The van der Waals surface area contributed by atoms with Crippen LogP contribution >= 0.6 is 0 Å². The summed E-state index contributed by atoms with van der Waals surface area (Å²) in [6, 6.07) is 16.3. The Hall–Kier alpha value is -3.45. The van der Waals surface area contributed by atoms with Crippen LogP contribution < -0.4 is 14.2 Å². The molecule has 1 aliphatic heterocycles. The summed E-state index contributed by atoms with van der Waals surface area (Å²) in [7, 11) is 3.16. The number of ether oxygens (including phenoxy) is 3. The van der Waals surface area contributed by atoms with E-state index in [9.17, 15) is 9.90 Å². The third-order valence-electron chi connectivity index (χ3n) is 6.00. The van der Waals surface area contributed by atoms with Crippen LogP contribution in [0.2, 0.25) is 0 Å². The number of likely N-dealkylation sites (tertiary alicyclic amines) is 1. The van der Waals surface area contributed by atoms with Crippen molar-refractivity contribution in [1.82, 2.24) is 4.90 Å². The van der Waals surface area contributed by atoms with Crippen LogP contribution in [-0.4, -0.2) is 42.8 Å². The summed E-state index contributed by atoms with van der Waals surface area (Å²) in [5, 5.41) is 9.88. The Balaban J connectivity index is 1.73. The second-order valence-electron chi connectivity index (χ2n) is 8.03. The fourth-order valence-electron chi connectivity index (χ4n) is 4.42. The number of hydrogen-bond acceptors (Lipinski definition) is 6. The van der Waals surface area contributed by atoms with Crippen molar-refractivity contribution in [2.24, 2.45) is 0 Å². The number of nitrogens with zero attached hydrogens (tertiary/aromatic N) is 1. The van der Waals surface area contributed by atoms with Gasteiger partial charge in [0, 0.05) is 6.54 Å². The smallest absolute Gasteiger partial charge is 0.320 e. The molecule has 3 aromatic rings. The van der Waals surface area contributed by atoms with Gasteiger partial charge in [-0.05, 0) is 48.2 Å². The van der Waals surface area contributed by atoms with Crippen LogP contribution in [0.15, 0.2) is 65.3 Å². The van der Waals surface area contributed by atoms with Gasteiger partial charge < -0.3 is 23.7 Å². The molecule has 1 N–H and O–H groups in total. The summed E-state index contributed by atoms with van der Waals surface area (Å²) in [4.78, 5) is 14.0. The van der Waals surface area contributed by atoms with Crippen LogP contribution in [0.4, 0.5) is 0 Å². The van der Waals surface area contributed by atoms with Gasteiger partial charge in [-0.3, -0.25) is 9.69 Å². The Morgan fingerprint density at radius 2 is 1.82 bits per heavy atom. The van der Waals surface area contributed by atoms with Gasteiger partial charge in [0.15, 0.2) is 11.5 Å². The number of carboxylic acids is 1. The number of rotatable bonds is 9. The highest BCUT2D eigenvalue weighted by atomic mass is 16.5. The monoisotopic (exact) mass is 451 g/mol. The molecule has 0 spiro atoms. The van der Waals surface area contributed by atoms with Crippen LogP contribution in [0.3, 0.4) is 0 Å². The first-order valence-electron chi connectivity index (χ1n) is 11.1. The fourth-order valence-corrected chi connectivity index (χ4v) is 4.42. The number of carbonyl (C=O) groups is 1. The highest BCUT2D eigenvalue weighted by molar-refractivity contribution is 5.73. The van der Waals surface area contributed by atoms with Crippen molar-refractivity contribution in [2.75, 3.05) is 20.8 Å². The molecular formula is C26H29NO6. The second-order valence-corrected chi connectivity index (χ2v) is 8.03. The molecule has 7 nitrogen and oxygen atoms in total. The van der Waals surface area contributed by atoms with Gasteiger partial charge in [0.05, 0.1) is 26.5 Å². The molecule has 0 bridgehead atoms. The minimum absolute atomic E-state index is 0.363. The van der Waals surface area contributed by atoms with Crippen molar-refractivity contribution in [3.8, 4) is 17.2 Å². The van der Waals surface area contributed by atoms with E-state index in [4.69, 9.17) is 18.6 Å². The standard InChI is InChI=1S/C26H29NO6/c1-30-22-15-19(16-23(31-2)25(22)33-17-18-9-4-3-5-10-18)24(21-12-8-14-32-21)27-13-7-6-11-20(27)26(28)29/h3-5,8-10,12,14-16,20,24H,6-7,11,13,17H2,1-2H3,(H,28,29). The Kier molecular flexibility index (Phi) is 7.19. The van der Waals surface area contributed by atoms with Crippen LogP contribution in [-0.2, 0) is 11.4 Å². The van der Waals surface area contributed by atoms with E-state index in [1.807, 2.05) is 59.5 Å². The maximum atomic E-state index is 12.0. The molecule has 7 heteroatoms. The van der Waals surface area contributed by atoms with Crippen molar-refractivity contribution in [2.45, 2.75) is 38.0 Å². The van der Waals surface area contributed by atoms with Crippen molar-refractivity contribution < 1.29 is 28.5 Å². The quantitative estimate of drug-likeness (QED) is 0.495. The molecule has 2 atom stereocenters. The van der Waals surface area contributed by atoms with Crippen LogP contribution in [0.1, 0.15) is 42.2 Å². The summed E-state index contributed by atoms with van der Waals surface area (Å²) in [5.41, 5.74) is 1.84. The summed E-state index contributed by atoms with van der Waals surface area (Å²) >= 11 is 0. The maximum absolute atomic E-state index is 12.0. The van der Waals surface area contributed by atoms with Gasteiger partial charge >= 0.3 is 5.97 Å². The molecule has 1 aliphatic rings. The number of carboxylic acid groups (broad SMARTS) is 1. The molecule has 1 fully saturated rings. The Labute approximate surface area is 193 Å². The topological polar surface area (TPSA) is 81.4 Å². The number of furan rings is 1. The molecule has 4 rings (SSSR count). The highest BCUT2D eigenvalue weighted by Crippen LogP contribution is 2.44. The van der Waals surface area contributed by atoms with E-state index in [0.29, 0.717) is 42.6 Å². The molecule has 0 aliphatic carbocycles. The predicted molar refractivity (Wildman–Crippen MR) is 123 cm³/mol. The molecule has 2 heterocycles. The summed E-state index contributed by atoms with van der Waals surface area (Å²) in [5.74, 6) is 1.37. The average Bonchev–Trinajstić information content (AvgIpc) is 3.38. The summed E-state index contributed by atoms with van der Waals surface area (Å²) in [6.07, 6.45) is 4.01. The number of methoxy groups -OCH3 is 2. The molecule has 2 unspecified atom stereocenters. The minimum Gasteiger partial charge on any atom is -0.493 e. The van der Waals surface area contributed by atoms with E-state index in [2.05, 4.69) is 0 Å². The van der Waals surface area contributed by atoms with Crippen molar-refractivity contribution in [3.63, 3.8) is 0 Å². The molecule has 0 radical (unpaired) electrons. The molecule has 1 aromatic heterocycles. The van der Waals surface area contributed by atoms with Crippen molar-refractivity contribution >= 4 is 5.97 Å². The summed E-state index contributed by atoms with van der Waals surface area (Å²) < 4.78 is 23.2. The number of hydrogen-bond donors (Lipinski definition) is 1. The van der Waals surface area contributed by atoms with E-state index in [0.717, 1.165) is 24.0 Å². The predicted octanol–water partition coefficient (Wildman–Crippen LogP) is 4.90. The normalized spacial score (nSPS) is 17.3. The van der Waals surface area contributed by atoms with Gasteiger partial charge in [0.1, 0.15) is 18.4 Å². The van der Waals surface area contributed by atoms with Gasteiger partial charge in [-0.15, -0.1) is 0 Å². The lowest BCUT2D eigenvalue weighted by Crippen LogP contribution is -2.46. The number of aliphatic carboxylic acids is 1. The molecule has 0 amide bonds. The lowest BCUT2D eigenvalue weighted by atomic mass is 9.94. The number of piperidine rings is 1. The zero-order valence-corrected chi connectivity index (χ0v) is 18.9. The third kappa shape index (κ3) is 4.98. The van der Waals surface area contributed by atoms with Crippen LogP contribution in [0.25, 0.3) is 0 Å². The molecule has 174 valence electrons.